The summed E-state index contributed by atoms with van der Waals surface area (Å²) in [6.07, 6.45) is 1.24. The number of hydrogen-bond donors (Lipinski definition) is 0. The van der Waals surface area contributed by atoms with Gasteiger partial charge in [0.15, 0.2) is 0 Å². The number of amides is 1. The Labute approximate surface area is 129 Å². The molecule has 1 aromatic rings. The van der Waals surface area contributed by atoms with Crippen LogP contribution < -0.4 is 4.74 Å². The second-order valence-corrected chi connectivity index (χ2v) is 5.69. The van der Waals surface area contributed by atoms with Crippen molar-refractivity contribution in [3.05, 3.63) is 40.4 Å². The van der Waals surface area contributed by atoms with Gasteiger partial charge in [-0.25, -0.2) is 0 Å². The molecule has 20 heavy (non-hydrogen) atoms. The molecule has 0 spiro atoms. The molecule has 0 aromatic heterocycles. The summed E-state index contributed by atoms with van der Waals surface area (Å²) in [6.45, 7) is 9.15. The molecule has 0 saturated carbocycles. The SMILES string of the molecule is C=C(C)CN(CC)C(=O)CCc1ccc(OC)c(Br)c1. The molecule has 1 aromatic carbocycles. The molecule has 0 aliphatic rings. The van der Waals surface area contributed by atoms with E-state index in [1.165, 1.54) is 0 Å². The Balaban J connectivity index is 2.59. The first-order valence-electron chi connectivity index (χ1n) is 6.72. The summed E-state index contributed by atoms with van der Waals surface area (Å²) >= 11 is 3.46. The molecular formula is C16H22BrNO2. The van der Waals surface area contributed by atoms with Crippen LogP contribution in [0.4, 0.5) is 0 Å². The van der Waals surface area contributed by atoms with Crippen molar-refractivity contribution >= 4 is 21.8 Å². The highest BCUT2D eigenvalue weighted by Crippen LogP contribution is 2.26. The normalized spacial score (nSPS) is 10.2. The minimum atomic E-state index is 0.169. The number of methoxy groups -OCH3 is 1. The maximum atomic E-state index is 12.1. The fourth-order valence-corrected chi connectivity index (χ4v) is 2.57. The zero-order chi connectivity index (χ0) is 15.1. The smallest absolute Gasteiger partial charge is 0.223 e. The van der Waals surface area contributed by atoms with E-state index in [0.29, 0.717) is 13.0 Å². The van der Waals surface area contributed by atoms with Gasteiger partial charge in [0.2, 0.25) is 5.91 Å². The second-order valence-electron chi connectivity index (χ2n) is 4.83. The number of ether oxygens (including phenoxy) is 1. The topological polar surface area (TPSA) is 29.5 Å². The molecule has 0 bridgehead atoms. The number of likely N-dealkylation sites (N-methyl/N-ethyl adjacent to an activating group) is 1. The summed E-state index contributed by atoms with van der Waals surface area (Å²) in [5.74, 6) is 0.972. The Morgan fingerprint density at radius 2 is 2.15 bits per heavy atom. The van der Waals surface area contributed by atoms with Crippen molar-refractivity contribution < 1.29 is 9.53 Å². The summed E-state index contributed by atoms with van der Waals surface area (Å²) < 4.78 is 6.11. The van der Waals surface area contributed by atoms with Crippen LogP contribution >= 0.6 is 15.9 Å². The third kappa shape index (κ3) is 5.00. The van der Waals surface area contributed by atoms with E-state index >= 15 is 0 Å². The number of rotatable bonds is 7. The molecule has 1 amide bonds. The first kappa shape index (κ1) is 16.8. The summed E-state index contributed by atoms with van der Waals surface area (Å²) in [5.41, 5.74) is 2.13. The van der Waals surface area contributed by atoms with E-state index in [1.54, 1.807) is 7.11 Å². The standard InChI is InChI=1S/C16H22BrNO2/c1-5-18(11-12(2)3)16(19)9-7-13-6-8-15(20-4)14(17)10-13/h6,8,10H,2,5,7,9,11H2,1,3-4H3. The van der Waals surface area contributed by atoms with E-state index in [-0.39, 0.29) is 5.91 Å². The van der Waals surface area contributed by atoms with Crippen LogP contribution in [0.1, 0.15) is 25.8 Å². The second kappa shape index (κ2) is 8.10. The number of nitrogens with zero attached hydrogens (tertiary/aromatic N) is 1. The third-order valence-corrected chi connectivity index (χ3v) is 3.66. The molecule has 0 fully saturated rings. The Morgan fingerprint density at radius 1 is 1.45 bits per heavy atom. The average molecular weight is 340 g/mol. The molecular weight excluding hydrogens is 318 g/mol. The lowest BCUT2D eigenvalue weighted by molar-refractivity contribution is -0.130. The monoisotopic (exact) mass is 339 g/mol. The summed E-state index contributed by atoms with van der Waals surface area (Å²) in [7, 11) is 1.64. The van der Waals surface area contributed by atoms with E-state index in [1.807, 2.05) is 36.9 Å². The van der Waals surface area contributed by atoms with Gasteiger partial charge in [-0.3, -0.25) is 4.79 Å². The van der Waals surface area contributed by atoms with Crippen molar-refractivity contribution in [2.75, 3.05) is 20.2 Å². The first-order chi connectivity index (χ1) is 9.47. The number of halogens is 1. The van der Waals surface area contributed by atoms with Crippen molar-refractivity contribution in [3.8, 4) is 5.75 Å². The fourth-order valence-electron chi connectivity index (χ4n) is 1.98. The van der Waals surface area contributed by atoms with E-state index < -0.39 is 0 Å². The van der Waals surface area contributed by atoms with Crippen molar-refractivity contribution in [2.24, 2.45) is 0 Å². The van der Waals surface area contributed by atoms with Crippen LogP contribution in [0.2, 0.25) is 0 Å². The molecule has 110 valence electrons. The van der Waals surface area contributed by atoms with E-state index in [4.69, 9.17) is 4.74 Å². The van der Waals surface area contributed by atoms with E-state index in [9.17, 15) is 4.79 Å². The molecule has 0 aliphatic heterocycles. The molecule has 4 heteroatoms. The van der Waals surface area contributed by atoms with Crippen molar-refractivity contribution in [1.29, 1.82) is 0 Å². The maximum absolute atomic E-state index is 12.1. The van der Waals surface area contributed by atoms with Crippen LogP contribution in [0.3, 0.4) is 0 Å². The fraction of sp³-hybridized carbons (Fsp3) is 0.438. The van der Waals surface area contributed by atoms with Gasteiger partial charge in [-0.05, 0) is 53.9 Å². The summed E-state index contributed by atoms with van der Waals surface area (Å²) in [6, 6.07) is 5.91. The van der Waals surface area contributed by atoms with Gasteiger partial charge in [-0.2, -0.15) is 0 Å². The Hall–Kier alpha value is -1.29. The largest absolute Gasteiger partial charge is 0.496 e. The molecule has 0 heterocycles. The molecule has 0 unspecified atom stereocenters. The lowest BCUT2D eigenvalue weighted by Gasteiger charge is -2.21. The highest BCUT2D eigenvalue weighted by molar-refractivity contribution is 9.10. The number of hydrogen-bond acceptors (Lipinski definition) is 2. The van der Waals surface area contributed by atoms with Gasteiger partial charge in [-0.1, -0.05) is 18.2 Å². The lowest BCUT2D eigenvalue weighted by atomic mass is 10.1. The Morgan fingerprint density at radius 3 is 2.65 bits per heavy atom. The predicted molar refractivity (Wildman–Crippen MR) is 86.1 cm³/mol. The van der Waals surface area contributed by atoms with Crippen LogP contribution in [0.25, 0.3) is 0 Å². The minimum Gasteiger partial charge on any atom is -0.496 e. The predicted octanol–water partition coefficient (Wildman–Crippen LogP) is 3.81. The highest BCUT2D eigenvalue weighted by atomic mass is 79.9. The van der Waals surface area contributed by atoms with Crippen molar-refractivity contribution in [1.82, 2.24) is 4.90 Å². The Kier molecular flexibility index (Phi) is 6.79. The van der Waals surface area contributed by atoms with Crippen LogP contribution in [0.15, 0.2) is 34.8 Å². The van der Waals surface area contributed by atoms with Crippen LogP contribution in [0, 0.1) is 0 Å². The summed E-state index contributed by atoms with van der Waals surface area (Å²) in [5, 5.41) is 0. The quantitative estimate of drug-likeness (QED) is 0.707. The van der Waals surface area contributed by atoms with E-state index in [2.05, 4.69) is 22.5 Å². The molecule has 3 nitrogen and oxygen atoms in total. The molecule has 1 rings (SSSR count). The lowest BCUT2D eigenvalue weighted by Crippen LogP contribution is -2.32. The van der Waals surface area contributed by atoms with Crippen LogP contribution in [-0.4, -0.2) is 31.0 Å². The van der Waals surface area contributed by atoms with Crippen LogP contribution in [0.5, 0.6) is 5.75 Å². The third-order valence-electron chi connectivity index (χ3n) is 3.04. The zero-order valence-corrected chi connectivity index (χ0v) is 14.0. The molecule has 0 N–H and O–H groups in total. The zero-order valence-electron chi connectivity index (χ0n) is 12.4. The molecule has 0 radical (unpaired) electrons. The highest BCUT2D eigenvalue weighted by Gasteiger charge is 2.12. The number of carbonyl (C=O) groups is 1. The number of benzene rings is 1. The van der Waals surface area contributed by atoms with Gasteiger partial charge in [0.05, 0.1) is 11.6 Å². The molecule has 0 atom stereocenters. The number of carbonyl (C=O) groups excluding carboxylic acids is 1. The number of aryl methyl sites for hydroxylation is 1. The van der Waals surface area contributed by atoms with Gasteiger partial charge in [-0.15, -0.1) is 0 Å². The van der Waals surface area contributed by atoms with Gasteiger partial charge in [0.25, 0.3) is 0 Å². The minimum absolute atomic E-state index is 0.169. The van der Waals surface area contributed by atoms with Crippen molar-refractivity contribution in [3.63, 3.8) is 0 Å². The maximum Gasteiger partial charge on any atom is 0.223 e. The molecule has 0 saturated heterocycles. The Bertz CT molecular complexity index is 485. The first-order valence-corrected chi connectivity index (χ1v) is 7.51. The van der Waals surface area contributed by atoms with Gasteiger partial charge < -0.3 is 9.64 Å². The molecule has 0 aliphatic carbocycles. The summed E-state index contributed by atoms with van der Waals surface area (Å²) in [4.78, 5) is 14.0. The van der Waals surface area contributed by atoms with Gasteiger partial charge >= 0.3 is 0 Å². The van der Waals surface area contributed by atoms with Crippen molar-refractivity contribution in [2.45, 2.75) is 26.7 Å². The van der Waals surface area contributed by atoms with Gasteiger partial charge in [0.1, 0.15) is 5.75 Å². The van der Waals surface area contributed by atoms with Gasteiger partial charge in [0, 0.05) is 19.5 Å². The average Bonchev–Trinajstić information content (AvgIpc) is 2.42. The van der Waals surface area contributed by atoms with Crippen LogP contribution in [-0.2, 0) is 11.2 Å². The van der Waals surface area contributed by atoms with E-state index in [0.717, 1.165) is 34.3 Å².